The number of aliphatic hydroxyl groups is 2. The molecule has 0 radical (unpaired) electrons. The van der Waals surface area contributed by atoms with Gasteiger partial charge in [-0.25, -0.2) is 0 Å². The molecule has 1 fully saturated rings. The van der Waals surface area contributed by atoms with Crippen molar-refractivity contribution in [3.05, 3.63) is 71.3 Å². The monoisotopic (exact) mass is 516 g/mol. The predicted octanol–water partition coefficient (Wildman–Crippen LogP) is 4.09. The highest BCUT2D eigenvalue weighted by atomic mass is 16.6. The molecule has 3 N–H and O–H groups in total. The summed E-state index contributed by atoms with van der Waals surface area (Å²) in [6, 6.07) is 11.1. The number of hydrogen-bond acceptors (Lipinski definition) is 8. The van der Waals surface area contributed by atoms with Crippen LogP contribution in [0.1, 0.15) is 59.8 Å². The fraction of sp³-hybridized carbons (Fsp3) is 0.379. The van der Waals surface area contributed by atoms with Crippen molar-refractivity contribution < 1.29 is 24.5 Å². The van der Waals surface area contributed by atoms with Crippen molar-refractivity contribution in [1.82, 2.24) is 9.97 Å². The van der Waals surface area contributed by atoms with Gasteiger partial charge >= 0.3 is 0 Å². The summed E-state index contributed by atoms with van der Waals surface area (Å²) in [6.45, 7) is 5.72. The van der Waals surface area contributed by atoms with Crippen molar-refractivity contribution in [3.63, 3.8) is 0 Å². The van der Waals surface area contributed by atoms with Crippen molar-refractivity contribution in [2.24, 2.45) is 0 Å². The molecule has 4 rings (SSSR count). The van der Waals surface area contributed by atoms with E-state index in [1.54, 1.807) is 38.4 Å². The number of nitrogens with one attached hydrogen (secondary N) is 1. The van der Waals surface area contributed by atoms with Gasteiger partial charge in [-0.2, -0.15) is 5.26 Å². The number of pyridine rings is 2. The number of aryl methyl sites for hydroxylation is 1. The SMILES string of the molecule is Cc1cc(OCCO)c(NC(=O)c2ccnc(C(C)(C)C#N)c2)c(-c2ccncc2C2CCOC(O)C2)c1. The summed E-state index contributed by atoms with van der Waals surface area (Å²) in [6.07, 6.45) is 5.32. The summed E-state index contributed by atoms with van der Waals surface area (Å²) in [5.41, 5.74) is 3.86. The number of rotatable bonds is 8. The van der Waals surface area contributed by atoms with E-state index in [2.05, 4.69) is 21.4 Å². The number of carbonyl (C=O) groups is 1. The van der Waals surface area contributed by atoms with Crippen LogP contribution in [0.5, 0.6) is 5.75 Å². The molecule has 1 aliphatic rings. The first-order valence-electron chi connectivity index (χ1n) is 12.5. The topological polar surface area (TPSA) is 138 Å². The van der Waals surface area contributed by atoms with E-state index in [0.717, 1.165) is 28.7 Å². The van der Waals surface area contributed by atoms with E-state index in [-0.39, 0.29) is 19.1 Å². The van der Waals surface area contributed by atoms with Crippen LogP contribution in [0.2, 0.25) is 0 Å². The molecule has 0 bridgehead atoms. The van der Waals surface area contributed by atoms with Gasteiger partial charge in [-0.1, -0.05) is 0 Å². The lowest BCUT2D eigenvalue weighted by molar-refractivity contribution is -0.129. The van der Waals surface area contributed by atoms with E-state index in [4.69, 9.17) is 9.47 Å². The van der Waals surface area contributed by atoms with Gasteiger partial charge in [-0.15, -0.1) is 0 Å². The first kappa shape index (κ1) is 27.2. The number of hydrogen-bond donors (Lipinski definition) is 3. The van der Waals surface area contributed by atoms with E-state index in [0.29, 0.717) is 35.7 Å². The van der Waals surface area contributed by atoms with Crippen LogP contribution in [-0.4, -0.2) is 52.2 Å². The number of anilines is 1. The number of amides is 1. The fourth-order valence-electron chi connectivity index (χ4n) is 4.56. The summed E-state index contributed by atoms with van der Waals surface area (Å²) in [7, 11) is 0. The van der Waals surface area contributed by atoms with Crippen LogP contribution in [0.25, 0.3) is 11.1 Å². The Morgan fingerprint density at radius 3 is 2.82 bits per heavy atom. The standard InChI is InChI=1S/C29H32N4O5/c1-18-12-22(21-5-7-31-16-23(21)19-6-10-38-26(35)15-19)27(24(13-18)37-11-9-34)33-28(36)20-4-8-32-25(14-20)29(2,3)17-30/h4-5,7-8,12-14,16,19,26,34-35H,6,9-11,15H2,1-3H3,(H,33,36). The van der Waals surface area contributed by atoms with Gasteiger partial charge in [0.2, 0.25) is 0 Å². The van der Waals surface area contributed by atoms with Gasteiger partial charge in [0.25, 0.3) is 5.91 Å². The van der Waals surface area contributed by atoms with Crippen LogP contribution in [0.15, 0.2) is 48.9 Å². The van der Waals surface area contributed by atoms with Crippen molar-refractivity contribution in [1.29, 1.82) is 5.26 Å². The Labute approximate surface area is 222 Å². The lowest BCUT2D eigenvalue weighted by atomic mass is 9.86. The number of aliphatic hydroxyl groups excluding tert-OH is 2. The number of ether oxygens (including phenoxy) is 2. The van der Waals surface area contributed by atoms with Crippen molar-refractivity contribution >= 4 is 11.6 Å². The molecule has 2 unspecified atom stereocenters. The molecule has 1 amide bonds. The molecule has 9 heteroatoms. The van der Waals surface area contributed by atoms with E-state index in [1.807, 2.05) is 25.1 Å². The van der Waals surface area contributed by atoms with Crippen LogP contribution in [0.4, 0.5) is 5.69 Å². The molecule has 0 aliphatic carbocycles. The molecule has 9 nitrogen and oxygen atoms in total. The minimum atomic E-state index is -0.860. The summed E-state index contributed by atoms with van der Waals surface area (Å²) >= 11 is 0. The number of benzene rings is 1. The van der Waals surface area contributed by atoms with Gasteiger partial charge in [0.05, 0.1) is 36.1 Å². The normalized spacial score (nSPS) is 17.5. The Morgan fingerprint density at radius 1 is 1.26 bits per heavy atom. The lowest BCUT2D eigenvalue weighted by Crippen LogP contribution is -2.24. The van der Waals surface area contributed by atoms with Gasteiger partial charge in [0, 0.05) is 36.1 Å². The lowest BCUT2D eigenvalue weighted by Gasteiger charge is -2.28. The minimum absolute atomic E-state index is 0.0179. The molecule has 1 aromatic carbocycles. The van der Waals surface area contributed by atoms with E-state index in [9.17, 15) is 20.3 Å². The van der Waals surface area contributed by atoms with Crippen LogP contribution in [0.3, 0.4) is 0 Å². The van der Waals surface area contributed by atoms with Crippen molar-refractivity contribution in [2.45, 2.75) is 51.2 Å². The molecule has 3 aromatic rings. The number of nitriles is 1. The minimum Gasteiger partial charge on any atom is -0.489 e. The van der Waals surface area contributed by atoms with Crippen LogP contribution in [0, 0.1) is 18.3 Å². The van der Waals surface area contributed by atoms with E-state index < -0.39 is 17.6 Å². The first-order valence-corrected chi connectivity index (χ1v) is 12.5. The Balaban J connectivity index is 1.80. The van der Waals surface area contributed by atoms with Gasteiger partial charge in [-0.05, 0) is 80.1 Å². The van der Waals surface area contributed by atoms with Gasteiger partial charge < -0.3 is 25.0 Å². The molecule has 3 heterocycles. The zero-order chi connectivity index (χ0) is 27.3. The van der Waals surface area contributed by atoms with Gasteiger partial charge in [-0.3, -0.25) is 14.8 Å². The van der Waals surface area contributed by atoms with Crippen LogP contribution < -0.4 is 10.1 Å². The zero-order valence-corrected chi connectivity index (χ0v) is 21.8. The first-order chi connectivity index (χ1) is 18.2. The molecular formula is C29H32N4O5. The maximum Gasteiger partial charge on any atom is 0.255 e. The highest BCUT2D eigenvalue weighted by molar-refractivity contribution is 6.07. The molecule has 38 heavy (non-hydrogen) atoms. The summed E-state index contributed by atoms with van der Waals surface area (Å²) < 4.78 is 11.2. The summed E-state index contributed by atoms with van der Waals surface area (Å²) in [4.78, 5) is 22.1. The summed E-state index contributed by atoms with van der Waals surface area (Å²) in [5, 5.41) is 32.1. The molecule has 1 aliphatic heterocycles. The average molecular weight is 517 g/mol. The maximum atomic E-state index is 13.5. The second kappa shape index (κ2) is 11.7. The predicted molar refractivity (Wildman–Crippen MR) is 142 cm³/mol. The molecule has 1 saturated heterocycles. The largest absolute Gasteiger partial charge is 0.489 e. The summed E-state index contributed by atoms with van der Waals surface area (Å²) in [5.74, 6) is 0.0477. The molecule has 198 valence electrons. The maximum absolute atomic E-state index is 13.5. The zero-order valence-electron chi connectivity index (χ0n) is 21.8. The Bertz CT molecular complexity index is 1350. The molecule has 2 atom stereocenters. The number of carbonyl (C=O) groups excluding carboxylic acids is 1. The van der Waals surface area contributed by atoms with Crippen LogP contribution in [-0.2, 0) is 10.2 Å². The van der Waals surface area contributed by atoms with Gasteiger partial charge in [0.1, 0.15) is 12.4 Å². The highest BCUT2D eigenvalue weighted by Crippen LogP contribution is 2.42. The molecule has 0 spiro atoms. The fourth-order valence-corrected chi connectivity index (χ4v) is 4.56. The van der Waals surface area contributed by atoms with Crippen molar-refractivity contribution in [2.75, 3.05) is 25.1 Å². The van der Waals surface area contributed by atoms with E-state index >= 15 is 0 Å². The third-order valence-electron chi connectivity index (χ3n) is 6.62. The Hall–Kier alpha value is -3.84. The quantitative estimate of drug-likeness (QED) is 0.407. The van der Waals surface area contributed by atoms with Crippen molar-refractivity contribution in [3.8, 4) is 22.9 Å². The molecule has 2 aromatic heterocycles. The van der Waals surface area contributed by atoms with Crippen LogP contribution >= 0.6 is 0 Å². The molecular weight excluding hydrogens is 484 g/mol. The smallest absolute Gasteiger partial charge is 0.255 e. The molecule has 0 saturated carbocycles. The van der Waals surface area contributed by atoms with E-state index in [1.165, 1.54) is 6.20 Å². The number of nitrogens with zero attached hydrogens (tertiary/aromatic N) is 3. The highest BCUT2D eigenvalue weighted by Gasteiger charge is 2.27. The number of aromatic nitrogens is 2. The average Bonchev–Trinajstić information content (AvgIpc) is 2.92. The Kier molecular flexibility index (Phi) is 8.37. The Morgan fingerprint density at radius 2 is 2.08 bits per heavy atom. The second-order valence-electron chi connectivity index (χ2n) is 9.89. The third-order valence-corrected chi connectivity index (χ3v) is 6.62. The second-order valence-corrected chi connectivity index (χ2v) is 9.89. The third kappa shape index (κ3) is 6.00. The van der Waals surface area contributed by atoms with Gasteiger partial charge in [0.15, 0.2) is 6.29 Å².